The molecule has 0 heterocycles. The predicted molar refractivity (Wildman–Crippen MR) is 293 cm³/mol. The van der Waals surface area contributed by atoms with Crippen molar-refractivity contribution in [3.05, 3.63) is 97.2 Å². The predicted octanol–water partition coefficient (Wildman–Crippen LogP) is 18.9. The Labute approximate surface area is 419 Å². The normalized spacial score (nSPS) is 12.8. The van der Waals surface area contributed by atoms with Crippen LogP contribution in [0.3, 0.4) is 0 Å². The maximum absolute atomic E-state index is 12.7. The summed E-state index contributed by atoms with van der Waals surface area (Å²) in [5.41, 5.74) is 0. The molecule has 0 saturated heterocycles. The van der Waals surface area contributed by atoms with Gasteiger partial charge in [0.2, 0.25) is 0 Å². The molecule has 388 valence electrons. The van der Waals surface area contributed by atoms with Crippen molar-refractivity contribution in [1.82, 2.24) is 0 Å². The van der Waals surface area contributed by atoms with Crippen LogP contribution in [0.5, 0.6) is 0 Å². The van der Waals surface area contributed by atoms with Gasteiger partial charge in [-0.1, -0.05) is 240 Å². The van der Waals surface area contributed by atoms with Crippen molar-refractivity contribution < 1.29 is 28.6 Å². The molecule has 0 aromatic heterocycles. The molecule has 0 radical (unpaired) electrons. The van der Waals surface area contributed by atoms with Gasteiger partial charge in [0, 0.05) is 12.8 Å². The number of esters is 3. The van der Waals surface area contributed by atoms with Gasteiger partial charge in [0.15, 0.2) is 6.10 Å². The van der Waals surface area contributed by atoms with Gasteiger partial charge in [-0.05, 0) is 96.3 Å². The van der Waals surface area contributed by atoms with Gasteiger partial charge >= 0.3 is 17.9 Å². The molecule has 6 heteroatoms. The topological polar surface area (TPSA) is 78.9 Å². The van der Waals surface area contributed by atoms with Gasteiger partial charge in [0.25, 0.3) is 0 Å². The van der Waals surface area contributed by atoms with E-state index in [2.05, 4.69) is 106 Å². The second-order valence-corrected chi connectivity index (χ2v) is 18.5. The maximum atomic E-state index is 12.7. The number of ether oxygens (including phenoxy) is 3. The SMILES string of the molecule is CC/C=C\C/C=C\C/C=C\C/C=C\C/C=C\CC(=O)OC(COC(=O)CCCCCCC/C=C\CCC)COC(=O)CCCCCCCCCCCCCCC/C=C\C/C=C\CCCCCCC. The van der Waals surface area contributed by atoms with E-state index < -0.39 is 12.1 Å². The van der Waals surface area contributed by atoms with Gasteiger partial charge in [0.05, 0.1) is 6.42 Å². The van der Waals surface area contributed by atoms with Crippen molar-refractivity contribution in [2.24, 2.45) is 0 Å². The van der Waals surface area contributed by atoms with Crippen molar-refractivity contribution in [2.45, 2.75) is 264 Å². The molecular weight excluding hydrogens is 841 g/mol. The Hall–Kier alpha value is -3.67. The molecule has 0 rings (SSSR count). The Bertz CT molecular complexity index is 1360. The van der Waals surface area contributed by atoms with E-state index >= 15 is 0 Å². The van der Waals surface area contributed by atoms with E-state index in [1.807, 2.05) is 6.08 Å². The third-order valence-corrected chi connectivity index (χ3v) is 11.8. The molecule has 0 aromatic carbocycles. The number of rotatable bonds is 50. The molecule has 0 saturated carbocycles. The van der Waals surface area contributed by atoms with E-state index in [0.29, 0.717) is 12.8 Å². The van der Waals surface area contributed by atoms with Crippen molar-refractivity contribution in [1.29, 1.82) is 0 Å². The lowest BCUT2D eigenvalue weighted by Crippen LogP contribution is -2.30. The molecule has 0 spiro atoms. The first-order chi connectivity index (χ1) is 33.5. The quantitative estimate of drug-likeness (QED) is 0.0262. The molecule has 68 heavy (non-hydrogen) atoms. The fourth-order valence-electron chi connectivity index (χ4n) is 7.61. The number of carbonyl (C=O) groups is 3. The average Bonchev–Trinajstić information content (AvgIpc) is 3.34. The van der Waals surface area contributed by atoms with E-state index in [1.54, 1.807) is 6.08 Å². The fourth-order valence-corrected chi connectivity index (χ4v) is 7.61. The summed E-state index contributed by atoms with van der Waals surface area (Å²) in [5, 5.41) is 0. The van der Waals surface area contributed by atoms with Crippen LogP contribution in [0.1, 0.15) is 258 Å². The van der Waals surface area contributed by atoms with E-state index in [1.165, 1.54) is 122 Å². The van der Waals surface area contributed by atoms with Crippen molar-refractivity contribution >= 4 is 17.9 Å². The van der Waals surface area contributed by atoms with Crippen molar-refractivity contribution in [2.75, 3.05) is 13.2 Å². The summed E-state index contributed by atoms with van der Waals surface area (Å²) in [6, 6.07) is 0. The Kier molecular flexibility index (Phi) is 52.9. The van der Waals surface area contributed by atoms with Crippen LogP contribution in [-0.2, 0) is 28.6 Å². The zero-order valence-electron chi connectivity index (χ0n) is 44.3. The highest BCUT2D eigenvalue weighted by Crippen LogP contribution is 2.15. The third-order valence-electron chi connectivity index (χ3n) is 11.8. The van der Waals surface area contributed by atoms with E-state index in [0.717, 1.165) is 96.3 Å². The fraction of sp³-hybridized carbons (Fsp3) is 0.694. The summed E-state index contributed by atoms with van der Waals surface area (Å²) in [4.78, 5) is 37.9. The molecule has 0 fully saturated rings. The Balaban J connectivity index is 4.32. The Morgan fingerprint density at radius 2 is 0.647 bits per heavy atom. The minimum Gasteiger partial charge on any atom is -0.462 e. The molecule has 0 aliphatic carbocycles. The van der Waals surface area contributed by atoms with Crippen LogP contribution in [-0.4, -0.2) is 37.2 Å². The molecule has 0 bridgehead atoms. The van der Waals surface area contributed by atoms with Crippen LogP contribution in [0.2, 0.25) is 0 Å². The van der Waals surface area contributed by atoms with E-state index in [4.69, 9.17) is 14.2 Å². The monoisotopic (exact) mass is 945 g/mol. The molecule has 1 unspecified atom stereocenters. The zero-order valence-corrected chi connectivity index (χ0v) is 44.3. The summed E-state index contributed by atoms with van der Waals surface area (Å²) in [5.74, 6) is -1.06. The van der Waals surface area contributed by atoms with Crippen LogP contribution in [0, 0.1) is 0 Å². The second-order valence-electron chi connectivity index (χ2n) is 18.5. The summed E-state index contributed by atoms with van der Waals surface area (Å²) in [7, 11) is 0. The molecule has 0 aromatic rings. The Morgan fingerprint density at radius 3 is 1.04 bits per heavy atom. The first-order valence-electron chi connectivity index (χ1n) is 28.2. The van der Waals surface area contributed by atoms with Gasteiger partial charge in [-0.15, -0.1) is 0 Å². The van der Waals surface area contributed by atoms with E-state index in [-0.39, 0.29) is 31.6 Å². The highest BCUT2D eigenvalue weighted by Gasteiger charge is 2.19. The van der Waals surface area contributed by atoms with Crippen LogP contribution < -0.4 is 0 Å². The zero-order chi connectivity index (χ0) is 49.3. The van der Waals surface area contributed by atoms with Crippen LogP contribution in [0.4, 0.5) is 0 Å². The van der Waals surface area contributed by atoms with Crippen LogP contribution in [0.25, 0.3) is 0 Å². The van der Waals surface area contributed by atoms with Gasteiger partial charge in [-0.25, -0.2) is 0 Å². The lowest BCUT2D eigenvalue weighted by molar-refractivity contribution is -0.166. The van der Waals surface area contributed by atoms with E-state index in [9.17, 15) is 14.4 Å². The molecule has 1 atom stereocenters. The van der Waals surface area contributed by atoms with Gasteiger partial charge in [-0.2, -0.15) is 0 Å². The highest BCUT2D eigenvalue weighted by molar-refractivity contribution is 5.72. The standard InChI is InChI=1S/C62H104O6/c1-4-7-10-13-16-19-22-24-26-27-28-29-30-31-32-33-34-35-37-38-40-43-46-49-52-55-61(64)67-58-59(57-66-60(63)54-51-48-45-42-21-18-15-12-9-6-3)68-62(65)56-53-50-47-44-41-39-36-25-23-20-17-14-11-8-5-2/h8,11-12,15,17,20,22,24-25,27-28,36,41,44,50,53,59H,4-7,9-10,13-14,16,18-19,21,23,26,29-35,37-40,42-43,45-49,51-52,54-58H2,1-3H3/b11-8-,15-12-,20-17-,24-22-,28-27-,36-25-,44-41-,53-50-. The lowest BCUT2D eigenvalue weighted by Gasteiger charge is -2.18. The number of hydrogen-bond donors (Lipinski definition) is 0. The first kappa shape index (κ1) is 64.3. The number of unbranched alkanes of at least 4 members (excludes halogenated alkanes) is 24. The largest absolute Gasteiger partial charge is 0.462 e. The van der Waals surface area contributed by atoms with Crippen LogP contribution >= 0.6 is 0 Å². The summed E-state index contributed by atoms with van der Waals surface area (Å²) < 4.78 is 16.7. The van der Waals surface area contributed by atoms with Gasteiger partial charge in [-0.3, -0.25) is 14.4 Å². The first-order valence-corrected chi connectivity index (χ1v) is 28.2. The number of allylic oxidation sites excluding steroid dienone is 15. The highest BCUT2D eigenvalue weighted by atomic mass is 16.6. The van der Waals surface area contributed by atoms with Crippen molar-refractivity contribution in [3.63, 3.8) is 0 Å². The second kappa shape index (κ2) is 55.9. The third kappa shape index (κ3) is 53.3. The number of carbonyl (C=O) groups excluding carboxylic acids is 3. The van der Waals surface area contributed by atoms with Crippen LogP contribution in [0.15, 0.2) is 97.2 Å². The molecule has 0 aliphatic rings. The minimum absolute atomic E-state index is 0.0939. The summed E-state index contributed by atoms with van der Waals surface area (Å²) in [6.07, 6.45) is 74.4. The summed E-state index contributed by atoms with van der Waals surface area (Å²) >= 11 is 0. The van der Waals surface area contributed by atoms with Crippen molar-refractivity contribution in [3.8, 4) is 0 Å². The molecular formula is C62H104O6. The summed E-state index contributed by atoms with van der Waals surface area (Å²) in [6.45, 7) is 6.36. The van der Waals surface area contributed by atoms with Gasteiger partial charge in [0.1, 0.15) is 13.2 Å². The molecule has 6 nitrogen and oxygen atoms in total. The lowest BCUT2D eigenvalue weighted by atomic mass is 10.0. The number of hydrogen-bond acceptors (Lipinski definition) is 6. The molecule has 0 N–H and O–H groups in total. The smallest absolute Gasteiger partial charge is 0.310 e. The van der Waals surface area contributed by atoms with Gasteiger partial charge < -0.3 is 14.2 Å². The molecule has 0 amide bonds. The molecule has 0 aliphatic heterocycles. The average molecular weight is 946 g/mol. The maximum Gasteiger partial charge on any atom is 0.310 e. The minimum atomic E-state index is -0.835. The Morgan fingerprint density at radius 1 is 0.324 bits per heavy atom.